The Morgan fingerprint density at radius 1 is 0.875 bits per heavy atom. The largest absolute Gasteiger partial charge is 0.416 e. The Labute approximate surface area is 417 Å². The van der Waals surface area contributed by atoms with Crippen molar-refractivity contribution in [1.82, 2.24) is 34.6 Å². The van der Waals surface area contributed by atoms with Gasteiger partial charge in [0, 0.05) is 92.8 Å². The molecule has 72 heavy (non-hydrogen) atoms. The quantitative estimate of drug-likeness (QED) is 0.0681. The molecular formula is C51H52ClF3N10O7. The zero-order valence-corrected chi connectivity index (χ0v) is 40.2. The summed E-state index contributed by atoms with van der Waals surface area (Å²) in [5, 5.41) is 12.8. The number of amides is 5. The number of anilines is 3. The van der Waals surface area contributed by atoms with E-state index in [-0.39, 0.29) is 46.3 Å². The summed E-state index contributed by atoms with van der Waals surface area (Å²) in [5.41, 5.74) is 2.54. The van der Waals surface area contributed by atoms with Gasteiger partial charge in [0.05, 0.1) is 48.8 Å². The van der Waals surface area contributed by atoms with Gasteiger partial charge in [-0.3, -0.25) is 44.0 Å². The lowest BCUT2D eigenvalue weighted by Crippen LogP contribution is -2.54. The molecule has 0 bridgehead atoms. The van der Waals surface area contributed by atoms with Crippen LogP contribution in [0.2, 0.25) is 5.02 Å². The molecule has 6 heterocycles. The van der Waals surface area contributed by atoms with E-state index in [0.29, 0.717) is 54.5 Å². The predicted octanol–water partition coefficient (Wildman–Crippen LogP) is 5.49. The fourth-order valence-electron chi connectivity index (χ4n) is 9.36. The number of piperazine rings is 1. The molecule has 0 saturated carbocycles. The molecule has 3 saturated heterocycles. The normalized spacial score (nSPS) is 18.0. The van der Waals surface area contributed by atoms with Crippen LogP contribution in [0.5, 0.6) is 0 Å². The summed E-state index contributed by atoms with van der Waals surface area (Å²) in [6.07, 6.45) is -1.06. The van der Waals surface area contributed by atoms with Gasteiger partial charge in [0.25, 0.3) is 17.7 Å². The van der Waals surface area contributed by atoms with Crippen molar-refractivity contribution in [3.63, 3.8) is 0 Å². The van der Waals surface area contributed by atoms with Gasteiger partial charge in [-0.05, 0) is 92.3 Å². The second kappa shape index (κ2) is 21.8. The van der Waals surface area contributed by atoms with Crippen molar-refractivity contribution in [2.24, 2.45) is 0 Å². The van der Waals surface area contributed by atoms with Gasteiger partial charge in [0.1, 0.15) is 17.6 Å². The van der Waals surface area contributed by atoms with Gasteiger partial charge in [-0.15, -0.1) is 5.10 Å². The molecule has 5 aromatic rings. The standard InChI is InChI=1S/C51H52ClF3N10O7/c1-32-33(4-2-5-39(32)47(67)58-36-29-34(51(53,54)55)28-35(52)30-36)8-9-37-31-57-43-11-12-44(60-65(37)43)63-17-14-38(15-18-63)72-27-26-71-25-24-62-22-20-61(21-23-62)19-16-56-41-7-3-6-40-46(41)50(70)64(49(40)69)42-10-13-45(66)59-48(42)68/h2-7,11-12,28-31,38,42,56H,10,13-27H2,1H3,(H,58,67)(H,59,66,68). The van der Waals surface area contributed by atoms with E-state index in [0.717, 1.165) is 88.1 Å². The zero-order valence-electron chi connectivity index (χ0n) is 39.4. The van der Waals surface area contributed by atoms with E-state index < -0.39 is 47.3 Å². The van der Waals surface area contributed by atoms with Gasteiger partial charge in [0.2, 0.25) is 11.8 Å². The van der Waals surface area contributed by atoms with E-state index in [1.165, 1.54) is 6.07 Å². The molecule has 1 unspecified atom stereocenters. The summed E-state index contributed by atoms with van der Waals surface area (Å²) in [4.78, 5) is 76.2. The summed E-state index contributed by atoms with van der Waals surface area (Å²) < 4.78 is 53.8. The fourth-order valence-corrected chi connectivity index (χ4v) is 9.59. The average molecular weight is 1010 g/mol. The first-order valence-electron chi connectivity index (χ1n) is 23.8. The molecular weight excluding hydrogens is 957 g/mol. The molecule has 9 rings (SSSR count). The highest BCUT2D eigenvalue weighted by Gasteiger charge is 2.45. The van der Waals surface area contributed by atoms with E-state index in [1.807, 2.05) is 12.1 Å². The maximum Gasteiger partial charge on any atom is 0.416 e. The molecule has 376 valence electrons. The molecule has 21 heteroatoms. The van der Waals surface area contributed by atoms with Gasteiger partial charge < -0.3 is 25.0 Å². The number of aromatic nitrogens is 3. The minimum absolute atomic E-state index is 0.0682. The van der Waals surface area contributed by atoms with Gasteiger partial charge in [-0.2, -0.15) is 13.2 Å². The van der Waals surface area contributed by atoms with Crippen LogP contribution in [0.1, 0.15) is 79.1 Å². The van der Waals surface area contributed by atoms with E-state index in [1.54, 1.807) is 54.0 Å². The van der Waals surface area contributed by atoms with E-state index in [4.69, 9.17) is 26.2 Å². The molecule has 1 atom stereocenters. The van der Waals surface area contributed by atoms with Crippen LogP contribution >= 0.6 is 11.6 Å². The third-order valence-electron chi connectivity index (χ3n) is 13.3. The number of benzene rings is 3. The molecule has 5 amide bonds. The number of nitrogens with zero attached hydrogens (tertiary/aromatic N) is 7. The number of hydrogen-bond donors (Lipinski definition) is 3. The van der Waals surface area contributed by atoms with Crippen LogP contribution in [0, 0.1) is 18.8 Å². The number of fused-ring (bicyclic) bond motifs is 2. The number of imide groups is 2. The highest BCUT2D eigenvalue weighted by molar-refractivity contribution is 6.31. The summed E-state index contributed by atoms with van der Waals surface area (Å²) in [5.74, 6) is 4.32. The maximum atomic E-state index is 13.4. The summed E-state index contributed by atoms with van der Waals surface area (Å²) in [6.45, 7) is 10.5. The number of nitrogens with one attached hydrogen (secondary N) is 3. The third-order valence-corrected chi connectivity index (χ3v) is 13.5. The Bertz CT molecular complexity index is 2960. The van der Waals surface area contributed by atoms with Crippen LogP contribution < -0.4 is 20.9 Å². The lowest BCUT2D eigenvalue weighted by atomic mass is 10.0. The number of hydrogen-bond acceptors (Lipinski definition) is 13. The molecule has 0 aliphatic carbocycles. The second-order valence-corrected chi connectivity index (χ2v) is 18.4. The van der Waals surface area contributed by atoms with Crippen molar-refractivity contribution in [3.8, 4) is 11.8 Å². The number of ether oxygens (including phenoxy) is 2. The van der Waals surface area contributed by atoms with Crippen molar-refractivity contribution < 1.29 is 46.6 Å². The first-order valence-corrected chi connectivity index (χ1v) is 24.2. The molecule has 0 spiro atoms. The Morgan fingerprint density at radius 3 is 2.40 bits per heavy atom. The number of carbonyl (C=O) groups is 5. The number of rotatable bonds is 15. The monoisotopic (exact) mass is 1010 g/mol. The summed E-state index contributed by atoms with van der Waals surface area (Å²) >= 11 is 5.91. The van der Waals surface area contributed by atoms with E-state index in [9.17, 15) is 37.1 Å². The fraction of sp³-hybridized carbons (Fsp3) is 0.392. The Morgan fingerprint density at radius 2 is 1.64 bits per heavy atom. The Hall–Kier alpha value is -6.89. The average Bonchev–Trinajstić information content (AvgIpc) is 3.88. The van der Waals surface area contributed by atoms with Gasteiger partial charge >= 0.3 is 6.18 Å². The van der Waals surface area contributed by atoms with Crippen molar-refractivity contribution in [1.29, 1.82) is 0 Å². The third kappa shape index (κ3) is 11.4. The lowest BCUT2D eigenvalue weighted by Gasteiger charge is -2.34. The second-order valence-electron chi connectivity index (χ2n) is 18.0. The molecule has 3 aromatic carbocycles. The minimum Gasteiger partial charge on any atom is -0.383 e. The number of halogens is 4. The number of piperidine rings is 2. The highest BCUT2D eigenvalue weighted by atomic mass is 35.5. The van der Waals surface area contributed by atoms with Crippen LogP contribution in [-0.4, -0.2) is 150 Å². The molecule has 3 N–H and O–H groups in total. The first-order chi connectivity index (χ1) is 34.7. The lowest BCUT2D eigenvalue weighted by molar-refractivity contribution is -0.138. The zero-order chi connectivity index (χ0) is 50.5. The molecule has 4 aliphatic heterocycles. The highest BCUT2D eigenvalue weighted by Crippen LogP contribution is 2.35. The predicted molar refractivity (Wildman–Crippen MR) is 261 cm³/mol. The number of carbonyl (C=O) groups excluding carboxylic acids is 5. The van der Waals surface area contributed by atoms with Crippen LogP contribution in [0.4, 0.5) is 30.4 Å². The number of alkyl halides is 3. The summed E-state index contributed by atoms with van der Waals surface area (Å²) in [7, 11) is 0. The van der Waals surface area contributed by atoms with Gasteiger partial charge in [0.15, 0.2) is 5.65 Å². The molecule has 17 nitrogen and oxygen atoms in total. The maximum absolute atomic E-state index is 13.4. The van der Waals surface area contributed by atoms with Crippen molar-refractivity contribution >= 4 is 64.0 Å². The smallest absolute Gasteiger partial charge is 0.383 e. The van der Waals surface area contributed by atoms with Gasteiger partial charge in [-0.1, -0.05) is 29.7 Å². The van der Waals surface area contributed by atoms with Crippen molar-refractivity contribution in [2.45, 2.75) is 50.9 Å². The van der Waals surface area contributed by atoms with Gasteiger partial charge in [-0.25, -0.2) is 9.50 Å². The molecule has 3 fully saturated rings. The molecule has 0 radical (unpaired) electrons. The Balaban J connectivity index is 0.668. The van der Waals surface area contributed by atoms with Crippen LogP contribution in [0.15, 0.2) is 72.9 Å². The minimum atomic E-state index is -4.62. The topological polar surface area (TPSA) is 183 Å². The van der Waals surface area contributed by atoms with Crippen LogP contribution in [0.25, 0.3) is 5.65 Å². The molecule has 2 aromatic heterocycles. The number of imidazole rings is 1. The first kappa shape index (κ1) is 50.1. The van der Waals surface area contributed by atoms with E-state index >= 15 is 0 Å². The van der Waals surface area contributed by atoms with Crippen LogP contribution in [-0.2, 0) is 25.2 Å². The van der Waals surface area contributed by atoms with Crippen molar-refractivity contribution in [2.75, 3.05) is 94.3 Å². The SMILES string of the molecule is Cc1c(C#Cc2cnc3ccc(N4CCC(OCCOCCN5CCN(CCNc6cccc7c6C(=O)N(C6CCC(=O)NC6=O)C7=O)CC5)CC4)nn23)cccc1C(=O)Nc1cc(Cl)cc(C(F)(F)F)c1. The van der Waals surface area contributed by atoms with Crippen LogP contribution in [0.3, 0.4) is 0 Å². The molecule has 4 aliphatic rings. The van der Waals surface area contributed by atoms with E-state index in [2.05, 4.69) is 47.5 Å². The Kier molecular flexibility index (Phi) is 15.2. The summed E-state index contributed by atoms with van der Waals surface area (Å²) in [6, 6.07) is 15.8. The van der Waals surface area contributed by atoms with Crippen molar-refractivity contribution in [3.05, 3.63) is 117 Å².